The van der Waals surface area contributed by atoms with E-state index in [1.807, 2.05) is 84.9 Å². The Morgan fingerprint density at radius 2 is 1.05 bits per heavy atom. The molecule has 0 unspecified atom stereocenters. The second kappa shape index (κ2) is 24.5. The molecule has 0 aliphatic carbocycles. The number of pyridine rings is 2. The third kappa shape index (κ3) is 15.5. The van der Waals surface area contributed by atoms with E-state index in [4.69, 9.17) is 42.7 Å². The summed E-state index contributed by atoms with van der Waals surface area (Å²) in [6.45, 7) is 1.41. The summed E-state index contributed by atoms with van der Waals surface area (Å²) >= 11 is 11.4. The maximum atomic E-state index is 8.19. The van der Waals surface area contributed by atoms with Gasteiger partial charge >= 0.3 is 21.0 Å². The molecule has 4 rings (SSSR count). The number of nitrogens with zero attached hydrogens (tertiary/aromatic N) is 4. The first-order valence-corrected chi connectivity index (χ1v) is 14.7. The van der Waals surface area contributed by atoms with Gasteiger partial charge in [-0.05, 0) is 73.7 Å². The Kier molecular flexibility index (Phi) is 21.2. The fraction of sp³-hybridized carbons (Fsp3) is 0.226. The fourth-order valence-electron chi connectivity index (χ4n) is 3.55. The monoisotopic (exact) mass is 671 g/mol. The van der Waals surface area contributed by atoms with Gasteiger partial charge in [0.15, 0.2) is 0 Å². The molecule has 0 atom stereocenters. The molecule has 44 heavy (non-hydrogen) atoms. The molecule has 2 heterocycles. The number of aromatic nitrogens is 2. The van der Waals surface area contributed by atoms with E-state index >= 15 is 0 Å². The third-order valence-electron chi connectivity index (χ3n) is 5.46. The molecule has 0 saturated heterocycles. The molecule has 3 N–H and O–H groups in total. The van der Waals surface area contributed by atoms with E-state index in [9.17, 15) is 0 Å². The van der Waals surface area contributed by atoms with E-state index in [0.717, 1.165) is 59.9 Å². The van der Waals surface area contributed by atoms with Gasteiger partial charge in [0.05, 0.1) is 24.4 Å². The summed E-state index contributed by atoms with van der Waals surface area (Å²) in [6.07, 6.45) is 5.02. The molecule has 0 fully saturated rings. The molecule has 0 aliphatic heterocycles. The van der Waals surface area contributed by atoms with Crippen LogP contribution < -0.4 is 20.1 Å². The van der Waals surface area contributed by atoms with E-state index in [1.54, 1.807) is 26.6 Å². The maximum absolute atomic E-state index is 8.19. The molecular formula is C31H36N6O4S2V. The summed E-state index contributed by atoms with van der Waals surface area (Å²) in [4.78, 5) is 8.20. The van der Waals surface area contributed by atoms with Crippen molar-refractivity contribution in [2.24, 2.45) is 0 Å². The van der Waals surface area contributed by atoms with Crippen LogP contribution in [0.15, 0.2) is 97.3 Å². The SMILES string of the molecule is CO.COc1ccccc1CCNC(=S)[N-]c1ccccn1.COc1ccccc1CCNC(=S)[N-]c1ccccn1.[O]=[V+2]. The van der Waals surface area contributed by atoms with Crippen molar-refractivity contribution in [1.82, 2.24) is 20.6 Å². The second-order valence-corrected chi connectivity index (χ2v) is 8.96. The number of aliphatic hydroxyl groups is 1. The van der Waals surface area contributed by atoms with Crippen LogP contribution in [-0.2, 0) is 33.9 Å². The van der Waals surface area contributed by atoms with E-state index in [1.165, 1.54) is 0 Å². The average Bonchev–Trinajstić information content (AvgIpc) is 3.08. The summed E-state index contributed by atoms with van der Waals surface area (Å²) in [5, 5.41) is 22.5. The van der Waals surface area contributed by atoms with Gasteiger partial charge in [-0.1, -0.05) is 85.1 Å². The molecule has 0 amide bonds. The molecule has 2 aromatic heterocycles. The molecule has 10 nitrogen and oxygen atoms in total. The van der Waals surface area contributed by atoms with Crippen LogP contribution in [0.4, 0.5) is 11.6 Å². The Morgan fingerprint density at radius 1 is 0.682 bits per heavy atom. The number of hydrogen-bond donors (Lipinski definition) is 3. The van der Waals surface area contributed by atoms with Gasteiger partial charge in [-0.15, -0.1) is 0 Å². The summed E-state index contributed by atoms with van der Waals surface area (Å²) in [7, 11) is 4.35. The molecular weight excluding hydrogens is 635 g/mol. The van der Waals surface area contributed by atoms with E-state index in [0.29, 0.717) is 35.0 Å². The Morgan fingerprint density at radius 3 is 1.39 bits per heavy atom. The predicted octanol–water partition coefficient (Wildman–Crippen LogP) is 5.91. The van der Waals surface area contributed by atoms with Gasteiger partial charge < -0.3 is 45.8 Å². The first kappa shape index (κ1) is 38.1. The molecule has 0 saturated carbocycles. The van der Waals surface area contributed by atoms with E-state index < -0.39 is 0 Å². The van der Waals surface area contributed by atoms with Gasteiger partial charge in [0.25, 0.3) is 0 Å². The number of ether oxygens (including phenoxy) is 2. The van der Waals surface area contributed by atoms with Crippen molar-refractivity contribution in [3.63, 3.8) is 0 Å². The Balaban J connectivity index is 0.000000395. The Bertz CT molecular complexity index is 1250. The number of nitrogens with one attached hydrogen (secondary N) is 2. The van der Waals surface area contributed by atoms with Crippen LogP contribution in [0.5, 0.6) is 11.5 Å². The van der Waals surface area contributed by atoms with Crippen molar-refractivity contribution < 1.29 is 35.6 Å². The fourth-order valence-corrected chi connectivity index (χ4v) is 3.95. The van der Waals surface area contributed by atoms with Crippen molar-refractivity contribution in [2.75, 3.05) is 34.4 Å². The molecule has 0 aliphatic rings. The normalized spacial score (nSPS) is 9.23. The van der Waals surface area contributed by atoms with Crippen molar-refractivity contribution in [3.05, 3.63) is 119 Å². The first-order valence-electron chi connectivity index (χ1n) is 13.3. The van der Waals surface area contributed by atoms with Crippen LogP contribution >= 0.6 is 24.4 Å². The molecule has 0 radical (unpaired) electrons. The summed E-state index contributed by atoms with van der Waals surface area (Å²) in [5.74, 6) is 3.01. The summed E-state index contributed by atoms with van der Waals surface area (Å²) < 4.78 is 18.8. The van der Waals surface area contributed by atoms with Crippen molar-refractivity contribution in [2.45, 2.75) is 12.8 Å². The van der Waals surface area contributed by atoms with Gasteiger partial charge in [0.2, 0.25) is 0 Å². The number of hydrogen-bond acceptors (Lipinski definition) is 8. The molecule has 4 aromatic rings. The minimum absolute atomic E-state index is 0.443. The van der Waals surface area contributed by atoms with Crippen LogP contribution in [0, 0.1) is 0 Å². The Labute approximate surface area is 279 Å². The zero-order chi connectivity index (χ0) is 32.4. The zero-order valence-corrected chi connectivity index (χ0v) is 27.8. The topological polar surface area (TPSA) is 134 Å². The number of rotatable bonds is 10. The number of para-hydroxylation sites is 2. The van der Waals surface area contributed by atoms with Crippen molar-refractivity contribution in [3.8, 4) is 11.5 Å². The van der Waals surface area contributed by atoms with Gasteiger partial charge in [-0.2, -0.15) is 0 Å². The summed E-state index contributed by atoms with van der Waals surface area (Å²) in [5.41, 5.74) is 2.28. The van der Waals surface area contributed by atoms with E-state index in [-0.39, 0.29) is 0 Å². The Hall–Kier alpha value is -3.94. The van der Waals surface area contributed by atoms with Gasteiger partial charge in [0, 0.05) is 18.7 Å². The molecule has 0 spiro atoms. The molecule has 0 bridgehead atoms. The first-order chi connectivity index (χ1) is 21.6. The quantitative estimate of drug-likeness (QED) is 0.175. The number of benzene rings is 2. The molecule has 231 valence electrons. The average molecular weight is 672 g/mol. The standard InChI is InChI=1S/2C15H17N3OS.CH4O.O.V/c2*1-19-13-7-3-2-6-12(13)9-11-17-15(20)18-14-8-4-5-10-16-14;1-2;;/h2*2-8,10H,9,11H2,1H3,(H2,16,17,18,20);2H,1H3;;/q;;;;+2/p-2. The number of methoxy groups -OCH3 is 2. The third-order valence-corrected chi connectivity index (χ3v) is 5.93. The second-order valence-electron chi connectivity index (χ2n) is 8.19. The van der Waals surface area contributed by atoms with Crippen LogP contribution in [-0.4, -0.2) is 59.7 Å². The van der Waals surface area contributed by atoms with Gasteiger partial charge in [-0.3, -0.25) is 0 Å². The van der Waals surface area contributed by atoms with Gasteiger partial charge in [-0.25, -0.2) is 0 Å². The predicted molar refractivity (Wildman–Crippen MR) is 178 cm³/mol. The summed E-state index contributed by atoms with van der Waals surface area (Å²) in [6, 6.07) is 27.0. The zero-order valence-electron chi connectivity index (χ0n) is 24.8. The minimum atomic E-state index is 0.443. The molecule has 13 heteroatoms. The van der Waals surface area contributed by atoms with Crippen LogP contribution in [0.3, 0.4) is 0 Å². The van der Waals surface area contributed by atoms with Gasteiger partial charge in [0.1, 0.15) is 11.5 Å². The van der Waals surface area contributed by atoms with E-state index in [2.05, 4.69) is 31.2 Å². The number of aliphatic hydroxyl groups excluding tert-OH is 1. The number of thiocarbonyl (C=S) groups is 2. The molecule has 2 aromatic carbocycles. The van der Waals surface area contributed by atoms with Crippen molar-refractivity contribution >= 4 is 46.3 Å². The van der Waals surface area contributed by atoms with Crippen LogP contribution in [0.25, 0.3) is 10.6 Å². The van der Waals surface area contributed by atoms with Crippen molar-refractivity contribution in [1.29, 1.82) is 0 Å². The van der Waals surface area contributed by atoms with Crippen LogP contribution in [0.1, 0.15) is 11.1 Å². The van der Waals surface area contributed by atoms with Crippen LogP contribution in [0.2, 0.25) is 0 Å².